The van der Waals surface area contributed by atoms with E-state index in [9.17, 15) is 9.59 Å². The lowest BCUT2D eigenvalue weighted by Crippen LogP contribution is -2.30. The Morgan fingerprint density at radius 1 is 1.27 bits per heavy atom. The Morgan fingerprint density at radius 2 is 1.95 bits per heavy atom. The van der Waals surface area contributed by atoms with Crippen LogP contribution in [0.5, 0.6) is 0 Å². The molecule has 1 aromatic heterocycles. The molecule has 0 unspecified atom stereocenters. The van der Waals surface area contributed by atoms with E-state index >= 15 is 0 Å². The third-order valence-corrected chi connectivity index (χ3v) is 3.09. The van der Waals surface area contributed by atoms with Gasteiger partial charge < -0.3 is 14.6 Å². The van der Waals surface area contributed by atoms with Crippen molar-refractivity contribution >= 4 is 17.6 Å². The van der Waals surface area contributed by atoms with Crippen LogP contribution in [0.2, 0.25) is 0 Å². The van der Waals surface area contributed by atoms with Gasteiger partial charge in [-0.25, -0.2) is 4.79 Å². The molecule has 6 nitrogen and oxygen atoms in total. The van der Waals surface area contributed by atoms with Gasteiger partial charge >= 0.3 is 5.97 Å². The summed E-state index contributed by atoms with van der Waals surface area (Å²) in [5.74, 6) is -0.998. The summed E-state index contributed by atoms with van der Waals surface area (Å²) in [5.41, 5.74) is 1.41. The molecule has 0 saturated heterocycles. The minimum Gasteiger partial charge on any atom is -0.448 e. The molecule has 1 heterocycles. The quantitative estimate of drug-likeness (QED) is 0.876. The molecule has 0 spiro atoms. The summed E-state index contributed by atoms with van der Waals surface area (Å²) < 4.78 is 6.75. The highest BCUT2D eigenvalue weighted by Gasteiger charge is 2.20. The number of rotatable bonds is 4. The minimum absolute atomic E-state index is 0.373. The number of aryl methyl sites for hydroxylation is 1. The van der Waals surface area contributed by atoms with E-state index in [1.54, 1.807) is 54.2 Å². The van der Waals surface area contributed by atoms with Gasteiger partial charge in [0.1, 0.15) is 5.69 Å². The topological polar surface area (TPSA) is 84.1 Å². The van der Waals surface area contributed by atoms with E-state index in [1.807, 2.05) is 6.07 Å². The van der Waals surface area contributed by atoms with Crippen LogP contribution >= 0.6 is 0 Å². The zero-order valence-corrected chi connectivity index (χ0v) is 12.2. The number of anilines is 1. The normalized spacial score (nSPS) is 11.3. The summed E-state index contributed by atoms with van der Waals surface area (Å²) in [6.45, 7) is 1.50. The van der Waals surface area contributed by atoms with Crippen molar-refractivity contribution in [1.82, 2.24) is 4.57 Å². The van der Waals surface area contributed by atoms with Crippen LogP contribution in [0.25, 0.3) is 0 Å². The predicted molar refractivity (Wildman–Crippen MR) is 80.1 cm³/mol. The first kappa shape index (κ1) is 15.3. The first-order chi connectivity index (χ1) is 10.5. The minimum atomic E-state index is -0.932. The monoisotopic (exact) mass is 297 g/mol. The van der Waals surface area contributed by atoms with Crippen molar-refractivity contribution < 1.29 is 14.3 Å². The Bertz CT molecular complexity index is 726. The first-order valence-electron chi connectivity index (χ1n) is 6.64. The number of carbonyl (C=O) groups excluding carboxylic acids is 2. The fraction of sp³-hybridized carbons (Fsp3) is 0.188. The van der Waals surface area contributed by atoms with Gasteiger partial charge in [0.25, 0.3) is 5.91 Å². The van der Waals surface area contributed by atoms with Crippen LogP contribution < -0.4 is 5.32 Å². The summed E-state index contributed by atoms with van der Waals surface area (Å²) >= 11 is 0. The van der Waals surface area contributed by atoms with Crippen molar-refractivity contribution in [2.75, 3.05) is 5.32 Å². The molecule has 0 saturated carbocycles. The second-order valence-corrected chi connectivity index (χ2v) is 4.73. The molecule has 112 valence electrons. The van der Waals surface area contributed by atoms with Crippen molar-refractivity contribution in [2.24, 2.45) is 7.05 Å². The number of nitrogens with zero attached hydrogens (tertiary/aromatic N) is 2. The lowest BCUT2D eigenvalue weighted by Gasteiger charge is -2.13. The Labute approximate surface area is 127 Å². The molecule has 0 aliphatic heterocycles. The van der Waals surface area contributed by atoms with Crippen molar-refractivity contribution in [3.8, 4) is 6.07 Å². The van der Waals surface area contributed by atoms with Gasteiger partial charge in [-0.3, -0.25) is 4.79 Å². The highest BCUT2D eigenvalue weighted by Crippen LogP contribution is 2.11. The van der Waals surface area contributed by atoms with Crippen LogP contribution in [0.1, 0.15) is 23.0 Å². The number of hydrogen-bond acceptors (Lipinski definition) is 4. The summed E-state index contributed by atoms with van der Waals surface area (Å²) in [5, 5.41) is 11.3. The van der Waals surface area contributed by atoms with E-state index in [0.29, 0.717) is 16.9 Å². The van der Waals surface area contributed by atoms with Crippen LogP contribution in [0.4, 0.5) is 5.69 Å². The van der Waals surface area contributed by atoms with E-state index in [0.717, 1.165) is 0 Å². The SMILES string of the molecule is C[C@@H](OC(=O)c1cccn1C)C(=O)Nc1ccc(C#N)cc1. The van der Waals surface area contributed by atoms with Gasteiger partial charge in [-0.15, -0.1) is 0 Å². The van der Waals surface area contributed by atoms with Crippen molar-refractivity contribution in [1.29, 1.82) is 5.26 Å². The Hall–Kier alpha value is -3.07. The van der Waals surface area contributed by atoms with Gasteiger partial charge in [0, 0.05) is 18.9 Å². The zero-order chi connectivity index (χ0) is 16.1. The number of esters is 1. The maximum absolute atomic E-state index is 12.0. The molecular weight excluding hydrogens is 282 g/mol. The number of ether oxygens (including phenoxy) is 1. The van der Waals surface area contributed by atoms with E-state index in [4.69, 9.17) is 10.00 Å². The molecule has 2 aromatic rings. The Balaban J connectivity index is 1.96. The summed E-state index contributed by atoms with van der Waals surface area (Å²) in [7, 11) is 1.72. The van der Waals surface area contributed by atoms with Gasteiger partial charge in [0.05, 0.1) is 11.6 Å². The van der Waals surface area contributed by atoms with Crippen LogP contribution in [0.3, 0.4) is 0 Å². The highest BCUT2D eigenvalue weighted by atomic mass is 16.5. The molecule has 0 aliphatic rings. The van der Waals surface area contributed by atoms with E-state index in [-0.39, 0.29) is 0 Å². The van der Waals surface area contributed by atoms with E-state index in [1.165, 1.54) is 6.92 Å². The number of amides is 1. The van der Waals surface area contributed by atoms with Crippen LogP contribution in [-0.4, -0.2) is 22.5 Å². The summed E-state index contributed by atoms with van der Waals surface area (Å²) in [6, 6.07) is 11.7. The van der Waals surface area contributed by atoms with Gasteiger partial charge in [-0.2, -0.15) is 5.26 Å². The third-order valence-electron chi connectivity index (χ3n) is 3.09. The average molecular weight is 297 g/mol. The molecule has 0 aliphatic carbocycles. The number of aromatic nitrogens is 1. The first-order valence-corrected chi connectivity index (χ1v) is 6.64. The van der Waals surface area contributed by atoms with E-state index in [2.05, 4.69) is 5.32 Å². The molecule has 1 atom stereocenters. The second kappa shape index (κ2) is 6.59. The van der Waals surface area contributed by atoms with Crippen molar-refractivity contribution in [3.05, 3.63) is 53.9 Å². The summed E-state index contributed by atoms with van der Waals surface area (Å²) in [6.07, 6.45) is 0.788. The van der Waals surface area contributed by atoms with Crippen molar-refractivity contribution in [2.45, 2.75) is 13.0 Å². The Kier molecular flexibility index (Phi) is 4.59. The van der Waals surface area contributed by atoms with E-state index < -0.39 is 18.0 Å². The second-order valence-electron chi connectivity index (χ2n) is 4.73. The number of nitriles is 1. The van der Waals surface area contributed by atoms with Crippen LogP contribution in [-0.2, 0) is 16.6 Å². The average Bonchev–Trinajstić information content (AvgIpc) is 2.94. The number of nitrogens with one attached hydrogen (secondary N) is 1. The van der Waals surface area contributed by atoms with Gasteiger partial charge in [-0.05, 0) is 43.3 Å². The fourth-order valence-corrected chi connectivity index (χ4v) is 1.82. The number of carbonyl (C=O) groups is 2. The number of benzene rings is 1. The molecule has 22 heavy (non-hydrogen) atoms. The van der Waals surface area contributed by atoms with Crippen LogP contribution in [0.15, 0.2) is 42.6 Å². The fourth-order valence-electron chi connectivity index (χ4n) is 1.82. The number of hydrogen-bond donors (Lipinski definition) is 1. The lowest BCUT2D eigenvalue weighted by molar-refractivity contribution is -0.123. The van der Waals surface area contributed by atoms with Crippen LogP contribution in [0, 0.1) is 11.3 Å². The molecule has 1 amide bonds. The molecule has 2 rings (SSSR count). The predicted octanol–water partition coefficient (Wildman–Crippen LogP) is 2.08. The lowest BCUT2D eigenvalue weighted by atomic mass is 10.2. The Morgan fingerprint density at radius 3 is 2.50 bits per heavy atom. The zero-order valence-electron chi connectivity index (χ0n) is 12.2. The molecule has 0 radical (unpaired) electrons. The molecule has 0 bridgehead atoms. The largest absolute Gasteiger partial charge is 0.448 e. The van der Waals surface area contributed by atoms with Gasteiger partial charge in [-0.1, -0.05) is 0 Å². The van der Waals surface area contributed by atoms with Crippen molar-refractivity contribution in [3.63, 3.8) is 0 Å². The maximum atomic E-state index is 12.0. The van der Waals surface area contributed by atoms with Gasteiger partial charge in [0.2, 0.25) is 0 Å². The molecule has 0 fully saturated rings. The molecule has 1 N–H and O–H groups in total. The maximum Gasteiger partial charge on any atom is 0.355 e. The molecular formula is C16H15N3O3. The molecule has 1 aromatic carbocycles. The summed E-state index contributed by atoms with van der Waals surface area (Å²) in [4.78, 5) is 23.9. The standard InChI is InChI=1S/C16H15N3O3/c1-11(22-16(21)14-4-3-9-19(14)2)15(20)18-13-7-5-12(10-17)6-8-13/h3-9,11H,1-2H3,(H,18,20)/t11-/m1/s1. The molecule has 6 heteroatoms. The smallest absolute Gasteiger partial charge is 0.355 e. The third kappa shape index (κ3) is 3.52. The highest BCUT2D eigenvalue weighted by molar-refractivity contribution is 5.96. The van der Waals surface area contributed by atoms with Gasteiger partial charge in [0.15, 0.2) is 6.10 Å².